The molecule has 0 aliphatic heterocycles. The Kier molecular flexibility index (Phi) is 6.09. The number of hydrogen-bond donors (Lipinski definition) is 1. The van der Waals surface area contributed by atoms with Gasteiger partial charge < -0.3 is 10.1 Å². The predicted octanol–water partition coefficient (Wildman–Crippen LogP) is 2.98. The second-order valence-corrected chi connectivity index (χ2v) is 6.69. The van der Waals surface area contributed by atoms with Gasteiger partial charge in [-0.05, 0) is 32.0 Å². The number of nitrogens with zero attached hydrogens (tertiary/aromatic N) is 2. The van der Waals surface area contributed by atoms with Gasteiger partial charge in [-0.25, -0.2) is 4.98 Å². The number of para-hydroxylation sites is 1. The summed E-state index contributed by atoms with van der Waals surface area (Å²) in [7, 11) is 1.61. The average Bonchev–Trinajstić information content (AvgIpc) is 2.71. The molecule has 0 saturated heterocycles. The van der Waals surface area contributed by atoms with Crippen LogP contribution >= 0.6 is 0 Å². The third kappa shape index (κ3) is 4.22. The summed E-state index contributed by atoms with van der Waals surface area (Å²) in [6, 6.07) is 13.2. The SMILES string of the molecule is CCn1c(CCC(=O)NCc2ccccc2OC)nc2ccc(C)cc2c1=O. The van der Waals surface area contributed by atoms with Gasteiger partial charge in [-0.3, -0.25) is 14.2 Å². The van der Waals surface area contributed by atoms with E-state index in [0.29, 0.717) is 36.2 Å². The van der Waals surface area contributed by atoms with Gasteiger partial charge in [0.25, 0.3) is 5.56 Å². The van der Waals surface area contributed by atoms with E-state index in [0.717, 1.165) is 16.9 Å². The predicted molar refractivity (Wildman–Crippen MR) is 110 cm³/mol. The van der Waals surface area contributed by atoms with Crippen molar-refractivity contribution in [1.29, 1.82) is 0 Å². The first-order valence-electron chi connectivity index (χ1n) is 9.42. The first-order valence-corrected chi connectivity index (χ1v) is 9.42. The Morgan fingerprint density at radius 1 is 1.21 bits per heavy atom. The molecular formula is C22H25N3O3. The Morgan fingerprint density at radius 2 is 2.00 bits per heavy atom. The van der Waals surface area contributed by atoms with Crippen molar-refractivity contribution >= 4 is 16.8 Å². The Bertz CT molecular complexity index is 1060. The summed E-state index contributed by atoms with van der Waals surface area (Å²) < 4.78 is 6.95. The number of methoxy groups -OCH3 is 1. The second-order valence-electron chi connectivity index (χ2n) is 6.69. The fourth-order valence-electron chi connectivity index (χ4n) is 3.25. The van der Waals surface area contributed by atoms with Gasteiger partial charge in [-0.2, -0.15) is 0 Å². The number of ether oxygens (including phenoxy) is 1. The fraction of sp³-hybridized carbons (Fsp3) is 0.318. The van der Waals surface area contributed by atoms with Crippen LogP contribution in [0.25, 0.3) is 10.9 Å². The van der Waals surface area contributed by atoms with Crippen LogP contribution in [0, 0.1) is 6.92 Å². The molecule has 0 aliphatic rings. The maximum Gasteiger partial charge on any atom is 0.261 e. The summed E-state index contributed by atoms with van der Waals surface area (Å²) in [6.45, 7) is 4.78. The molecule has 0 atom stereocenters. The number of benzene rings is 2. The number of carbonyl (C=O) groups is 1. The molecule has 0 fully saturated rings. The van der Waals surface area contributed by atoms with E-state index in [1.807, 2.05) is 56.3 Å². The Labute approximate surface area is 164 Å². The normalized spacial score (nSPS) is 10.8. The standard InChI is InChI=1S/C22H25N3O3/c1-4-25-20(24-18-10-9-15(2)13-17(18)22(25)27)11-12-21(26)23-14-16-7-5-6-8-19(16)28-3/h5-10,13H,4,11-12,14H2,1-3H3,(H,23,26). The van der Waals surface area contributed by atoms with E-state index in [2.05, 4.69) is 10.3 Å². The van der Waals surface area contributed by atoms with Crippen LogP contribution in [0.15, 0.2) is 47.3 Å². The lowest BCUT2D eigenvalue weighted by atomic mass is 10.1. The Hall–Kier alpha value is -3.15. The molecule has 0 aliphatic carbocycles. The minimum Gasteiger partial charge on any atom is -0.496 e. The second kappa shape index (κ2) is 8.69. The number of fused-ring (bicyclic) bond motifs is 1. The third-order valence-electron chi connectivity index (χ3n) is 4.75. The lowest BCUT2D eigenvalue weighted by Crippen LogP contribution is -2.27. The van der Waals surface area contributed by atoms with E-state index in [4.69, 9.17) is 4.74 Å². The van der Waals surface area contributed by atoms with Crippen molar-refractivity contribution in [1.82, 2.24) is 14.9 Å². The van der Waals surface area contributed by atoms with Gasteiger partial charge in [0, 0.05) is 31.5 Å². The largest absolute Gasteiger partial charge is 0.496 e. The summed E-state index contributed by atoms with van der Waals surface area (Å²) in [5.41, 5.74) is 2.56. The topological polar surface area (TPSA) is 73.2 Å². The monoisotopic (exact) mass is 379 g/mol. The van der Waals surface area contributed by atoms with Crippen LogP contribution in [0.2, 0.25) is 0 Å². The van der Waals surface area contributed by atoms with Crippen molar-refractivity contribution in [2.45, 2.75) is 39.8 Å². The van der Waals surface area contributed by atoms with E-state index in [1.54, 1.807) is 11.7 Å². The lowest BCUT2D eigenvalue weighted by Gasteiger charge is -2.13. The van der Waals surface area contributed by atoms with Crippen LogP contribution in [0.5, 0.6) is 5.75 Å². The molecule has 1 N–H and O–H groups in total. The van der Waals surface area contributed by atoms with Gasteiger partial charge in [-0.1, -0.05) is 29.8 Å². The number of aromatic nitrogens is 2. The van der Waals surface area contributed by atoms with Gasteiger partial charge in [0.1, 0.15) is 11.6 Å². The molecule has 146 valence electrons. The maximum absolute atomic E-state index is 12.8. The average molecular weight is 379 g/mol. The Balaban J connectivity index is 1.71. The first kappa shape index (κ1) is 19.6. The quantitative estimate of drug-likeness (QED) is 0.685. The smallest absolute Gasteiger partial charge is 0.261 e. The molecule has 3 aromatic rings. The molecule has 0 unspecified atom stereocenters. The van der Waals surface area contributed by atoms with Crippen LogP contribution in [0.1, 0.15) is 30.3 Å². The van der Waals surface area contributed by atoms with E-state index in [-0.39, 0.29) is 17.9 Å². The number of nitrogens with one attached hydrogen (secondary N) is 1. The van der Waals surface area contributed by atoms with E-state index >= 15 is 0 Å². The Morgan fingerprint density at radius 3 is 2.75 bits per heavy atom. The van der Waals surface area contributed by atoms with Gasteiger partial charge in [0.05, 0.1) is 18.0 Å². The molecule has 6 heteroatoms. The van der Waals surface area contributed by atoms with Crippen molar-refractivity contribution in [2.75, 3.05) is 7.11 Å². The van der Waals surface area contributed by atoms with Crippen molar-refractivity contribution in [3.8, 4) is 5.75 Å². The number of amides is 1. The molecular weight excluding hydrogens is 354 g/mol. The maximum atomic E-state index is 12.8. The number of aryl methyl sites for hydroxylation is 2. The van der Waals surface area contributed by atoms with Gasteiger partial charge in [-0.15, -0.1) is 0 Å². The van der Waals surface area contributed by atoms with Gasteiger partial charge in [0.15, 0.2) is 0 Å². The highest BCUT2D eigenvalue weighted by atomic mass is 16.5. The minimum atomic E-state index is -0.0909. The van der Waals surface area contributed by atoms with E-state index in [1.165, 1.54) is 0 Å². The molecule has 1 amide bonds. The molecule has 1 heterocycles. The molecule has 28 heavy (non-hydrogen) atoms. The molecule has 1 aromatic heterocycles. The zero-order valence-corrected chi connectivity index (χ0v) is 16.5. The highest BCUT2D eigenvalue weighted by molar-refractivity contribution is 5.79. The van der Waals surface area contributed by atoms with Crippen LogP contribution in [0.4, 0.5) is 0 Å². The van der Waals surface area contributed by atoms with E-state index < -0.39 is 0 Å². The molecule has 0 radical (unpaired) electrons. The lowest BCUT2D eigenvalue weighted by molar-refractivity contribution is -0.121. The van der Waals surface area contributed by atoms with Crippen LogP contribution < -0.4 is 15.6 Å². The van der Waals surface area contributed by atoms with Crippen molar-refractivity contribution in [2.24, 2.45) is 0 Å². The van der Waals surface area contributed by atoms with Crippen LogP contribution in [0.3, 0.4) is 0 Å². The molecule has 6 nitrogen and oxygen atoms in total. The fourth-order valence-corrected chi connectivity index (χ4v) is 3.25. The molecule has 3 rings (SSSR count). The highest BCUT2D eigenvalue weighted by Gasteiger charge is 2.12. The molecule has 0 bridgehead atoms. The van der Waals surface area contributed by atoms with Crippen molar-refractivity contribution in [3.05, 3.63) is 69.8 Å². The van der Waals surface area contributed by atoms with Gasteiger partial charge in [0.2, 0.25) is 5.91 Å². The zero-order chi connectivity index (χ0) is 20.1. The third-order valence-corrected chi connectivity index (χ3v) is 4.75. The summed E-state index contributed by atoms with van der Waals surface area (Å²) in [4.78, 5) is 29.7. The van der Waals surface area contributed by atoms with Crippen molar-refractivity contribution in [3.63, 3.8) is 0 Å². The molecule has 0 spiro atoms. The van der Waals surface area contributed by atoms with Crippen molar-refractivity contribution < 1.29 is 9.53 Å². The first-order chi connectivity index (χ1) is 13.5. The summed E-state index contributed by atoms with van der Waals surface area (Å²) >= 11 is 0. The number of rotatable bonds is 7. The number of hydrogen-bond acceptors (Lipinski definition) is 4. The summed E-state index contributed by atoms with van der Waals surface area (Å²) in [5, 5.41) is 3.52. The summed E-state index contributed by atoms with van der Waals surface area (Å²) in [5.74, 6) is 1.29. The zero-order valence-electron chi connectivity index (χ0n) is 16.5. The van der Waals surface area contributed by atoms with Crippen LogP contribution in [-0.4, -0.2) is 22.6 Å². The van der Waals surface area contributed by atoms with Gasteiger partial charge >= 0.3 is 0 Å². The number of carbonyl (C=O) groups excluding carboxylic acids is 1. The molecule has 2 aromatic carbocycles. The minimum absolute atomic E-state index is 0.0550. The highest BCUT2D eigenvalue weighted by Crippen LogP contribution is 2.17. The molecule has 0 saturated carbocycles. The summed E-state index contributed by atoms with van der Waals surface area (Å²) in [6.07, 6.45) is 0.670. The van der Waals surface area contributed by atoms with Crippen LogP contribution in [-0.2, 0) is 24.3 Å². The van der Waals surface area contributed by atoms with E-state index in [9.17, 15) is 9.59 Å².